The third kappa shape index (κ3) is 1.13. The number of rotatable bonds is 0. The minimum Gasteiger partial charge on any atom is -0.351 e. The number of hydrogen-bond donors (Lipinski definition) is 0. The molecular formula is C14H15N3O. The van der Waals surface area contributed by atoms with E-state index in [1.807, 2.05) is 12.2 Å². The number of allylic oxidation sites excluding steroid dienone is 4. The Bertz CT molecular complexity index is 555. The molecule has 1 amide bonds. The van der Waals surface area contributed by atoms with Crippen molar-refractivity contribution < 1.29 is 4.79 Å². The second-order valence-corrected chi connectivity index (χ2v) is 5.40. The normalized spacial score (nSPS) is 36.7. The van der Waals surface area contributed by atoms with E-state index < -0.39 is 0 Å². The van der Waals surface area contributed by atoms with E-state index in [-0.39, 0.29) is 23.8 Å². The van der Waals surface area contributed by atoms with Crippen molar-refractivity contribution in [3.63, 3.8) is 0 Å². The van der Waals surface area contributed by atoms with E-state index in [1.165, 1.54) is 17.0 Å². The van der Waals surface area contributed by atoms with E-state index in [0.29, 0.717) is 0 Å². The summed E-state index contributed by atoms with van der Waals surface area (Å²) in [7, 11) is 2.11. The van der Waals surface area contributed by atoms with Crippen LogP contribution in [0.25, 0.3) is 0 Å². The molecule has 4 rings (SSSR count). The standard InChI is InChI=1S/C14H15N3O/c1-17-10-6-2-4-8-12(10)13-9(15-16-14(8)18)5-3-7-11(13)17/h2,4,6,8-9,12H,3,5,7H2,1H3. The molecule has 92 valence electrons. The van der Waals surface area contributed by atoms with E-state index >= 15 is 0 Å². The summed E-state index contributed by atoms with van der Waals surface area (Å²) in [4.78, 5) is 14.4. The molecule has 0 aromatic carbocycles. The molecule has 4 nitrogen and oxygen atoms in total. The first kappa shape index (κ1) is 10.2. The number of carbonyl (C=O) groups excluding carboxylic acids is 1. The van der Waals surface area contributed by atoms with Crippen LogP contribution in [-0.4, -0.2) is 23.9 Å². The largest absolute Gasteiger partial charge is 0.351 e. The summed E-state index contributed by atoms with van der Waals surface area (Å²) in [5, 5.41) is 8.22. The Balaban J connectivity index is 1.95. The molecule has 3 unspecified atom stereocenters. The van der Waals surface area contributed by atoms with Gasteiger partial charge in [-0.1, -0.05) is 12.2 Å². The van der Waals surface area contributed by atoms with Crippen LogP contribution in [0, 0.1) is 11.8 Å². The first-order valence-electron chi connectivity index (χ1n) is 6.57. The van der Waals surface area contributed by atoms with Gasteiger partial charge in [-0.15, -0.1) is 5.11 Å². The van der Waals surface area contributed by atoms with Gasteiger partial charge in [0.15, 0.2) is 0 Å². The van der Waals surface area contributed by atoms with Crippen LogP contribution in [0.15, 0.2) is 45.4 Å². The Kier molecular flexibility index (Phi) is 1.93. The number of azo groups is 1. The van der Waals surface area contributed by atoms with Crippen molar-refractivity contribution in [1.82, 2.24) is 4.90 Å². The highest BCUT2D eigenvalue weighted by molar-refractivity contribution is 5.83. The summed E-state index contributed by atoms with van der Waals surface area (Å²) in [6, 6.07) is 0.132. The van der Waals surface area contributed by atoms with Crippen LogP contribution in [0.1, 0.15) is 19.3 Å². The predicted octanol–water partition coefficient (Wildman–Crippen LogP) is 2.42. The van der Waals surface area contributed by atoms with E-state index in [0.717, 1.165) is 19.3 Å². The Hall–Kier alpha value is -1.71. The molecule has 4 heteroatoms. The van der Waals surface area contributed by atoms with Gasteiger partial charge in [-0.25, -0.2) is 0 Å². The average molecular weight is 241 g/mol. The van der Waals surface area contributed by atoms with Gasteiger partial charge in [0.05, 0.1) is 12.0 Å². The summed E-state index contributed by atoms with van der Waals surface area (Å²) >= 11 is 0. The van der Waals surface area contributed by atoms with Gasteiger partial charge < -0.3 is 4.90 Å². The fraction of sp³-hybridized carbons (Fsp3) is 0.500. The Morgan fingerprint density at radius 2 is 2.33 bits per heavy atom. The fourth-order valence-electron chi connectivity index (χ4n) is 3.74. The quantitative estimate of drug-likeness (QED) is 0.653. The maximum Gasteiger partial charge on any atom is 0.272 e. The highest BCUT2D eigenvalue weighted by Crippen LogP contribution is 2.50. The van der Waals surface area contributed by atoms with Crippen molar-refractivity contribution in [3.05, 3.63) is 35.2 Å². The molecule has 0 spiro atoms. The molecule has 0 saturated heterocycles. The summed E-state index contributed by atoms with van der Waals surface area (Å²) in [6.45, 7) is 0. The zero-order valence-electron chi connectivity index (χ0n) is 10.3. The lowest BCUT2D eigenvalue weighted by molar-refractivity contribution is -0.121. The Morgan fingerprint density at radius 3 is 3.22 bits per heavy atom. The molecule has 0 N–H and O–H groups in total. The highest BCUT2D eigenvalue weighted by atomic mass is 16.2. The molecule has 18 heavy (non-hydrogen) atoms. The zero-order chi connectivity index (χ0) is 12.3. The Labute approximate surface area is 106 Å². The van der Waals surface area contributed by atoms with Crippen molar-refractivity contribution in [2.75, 3.05) is 7.05 Å². The molecule has 0 aromatic heterocycles. The predicted molar refractivity (Wildman–Crippen MR) is 66.5 cm³/mol. The lowest BCUT2D eigenvalue weighted by atomic mass is 9.77. The molecule has 4 aliphatic rings. The van der Waals surface area contributed by atoms with Crippen LogP contribution < -0.4 is 0 Å². The van der Waals surface area contributed by atoms with Crippen molar-refractivity contribution in [3.8, 4) is 0 Å². The topological polar surface area (TPSA) is 45.0 Å². The number of nitrogens with zero attached hydrogens (tertiary/aromatic N) is 3. The molecule has 2 aliphatic heterocycles. The Morgan fingerprint density at radius 1 is 1.44 bits per heavy atom. The molecular weight excluding hydrogens is 226 g/mol. The van der Waals surface area contributed by atoms with Gasteiger partial charge in [0.25, 0.3) is 5.91 Å². The highest BCUT2D eigenvalue weighted by Gasteiger charge is 2.47. The average Bonchev–Trinajstić information content (AvgIpc) is 2.61. The molecule has 2 heterocycles. The summed E-state index contributed by atoms with van der Waals surface area (Å²) < 4.78 is 0. The van der Waals surface area contributed by atoms with Crippen LogP contribution in [0.2, 0.25) is 0 Å². The number of hydrogen-bond acceptors (Lipinski definition) is 3. The minimum absolute atomic E-state index is 0.0848. The van der Waals surface area contributed by atoms with Gasteiger partial charge in [0.1, 0.15) is 0 Å². The van der Waals surface area contributed by atoms with Gasteiger partial charge in [-0.2, -0.15) is 5.11 Å². The third-order valence-corrected chi connectivity index (χ3v) is 4.55. The molecule has 0 bridgehead atoms. The van der Waals surface area contributed by atoms with Crippen LogP contribution in [0.3, 0.4) is 0 Å². The van der Waals surface area contributed by atoms with Gasteiger partial charge in [-0.3, -0.25) is 4.79 Å². The van der Waals surface area contributed by atoms with Crippen molar-refractivity contribution >= 4 is 5.91 Å². The number of carbonyl (C=O) groups is 1. The van der Waals surface area contributed by atoms with Crippen LogP contribution in [0.5, 0.6) is 0 Å². The van der Waals surface area contributed by atoms with E-state index in [4.69, 9.17) is 0 Å². The summed E-state index contributed by atoms with van der Waals surface area (Å²) in [5.41, 5.74) is 3.99. The van der Waals surface area contributed by atoms with Crippen molar-refractivity contribution in [2.24, 2.45) is 22.1 Å². The fourth-order valence-corrected chi connectivity index (χ4v) is 3.74. The first-order valence-corrected chi connectivity index (χ1v) is 6.57. The molecule has 2 aliphatic carbocycles. The summed E-state index contributed by atoms with van der Waals surface area (Å²) in [5.74, 6) is -0.0204. The third-order valence-electron chi connectivity index (χ3n) is 4.55. The molecule has 3 atom stereocenters. The maximum atomic E-state index is 12.1. The second kappa shape index (κ2) is 3.40. The van der Waals surface area contributed by atoms with E-state index in [2.05, 4.69) is 28.3 Å². The smallest absolute Gasteiger partial charge is 0.272 e. The van der Waals surface area contributed by atoms with Gasteiger partial charge in [0, 0.05) is 24.4 Å². The lowest BCUT2D eigenvalue weighted by Crippen LogP contribution is -2.26. The van der Waals surface area contributed by atoms with Crippen LogP contribution >= 0.6 is 0 Å². The lowest BCUT2D eigenvalue weighted by Gasteiger charge is -2.25. The van der Waals surface area contributed by atoms with Gasteiger partial charge >= 0.3 is 0 Å². The van der Waals surface area contributed by atoms with E-state index in [9.17, 15) is 4.79 Å². The molecule has 0 saturated carbocycles. The zero-order valence-corrected chi connectivity index (χ0v) is 10.3. The monoisotopic (exact) mass is 241 g/mol. The number of amides is 1. The molecule has 0 aromatic rings. The molecule has 0 fully saturated rings. The first-order chi connectivity index (χ1) is 8.77. The molecule has 0 radical (unpaired) electrons. The van der Waals surface area contributed by atoms with E-state index in [1.54, 1.807) is 0 Å². The SMILES string of the molecule is CN1C2=CC=CC3C(=O)N=NC4CCCC1=C4C23. The maximum absolute atomic E-state index is 12.1. The van der Waals surface area contributed by atoms with Gasteiger partial charge in [0.2, 0.25) is 0 Å². The van der Waals surface area contributed by atoms with Gasteiger partial charge in [-0.05, 0) is 30.9 Å². The second-order valence-electron chi connectivity index (χ2n) is 5.40. The van der Waals surface area contributed by atoms with Crippen molar-refractivity contribution in [2.45, 2.75) is 25.3 Å². The minimum atomic E-state index is -0.133. The van der Waals surface area contributed by atoms with Crippen LogP contribution in [-0.2, 0) is 4.79 Å². The summed E-state index contributed by atoms with van der Waals surface area (Å²) in [6.07, 6.45) is 9.38. The van der Waals surface area contributed by atoms with Crippen molar-refractivity contribution in [1.29, 1.82) is 0 Å². The van der Waals surface area contributed by atoms with Crippen LogP contribution in [0.4, 0.5) is 0 Å².